The summed E-state index contributed by atoms with van der Waals surface area (Å²) in [4.78, 5) is 25.0. The number of nitrogens with zero attached hydrogens (tertiary/aromatic N) is 1. The fourth-order valence-electron chi connectivity index (χ4n) is 2.25. The highest BCUT2D eigenvalue weighted by Crippen LogP contribution is 2.14. The number of rotatable bonds is 5. The number of benzene rings is 1. The van der Waals surface area contributed by atoms with Crippen LogP contribution in [0.3, 0.4) is 0 Å². The Hall–Kier alpha value is -1.73. The molecule has 7 heteroatoms. The number of hydrogen-bond acceptors (Lipinski definition) is 4. The molecule has 2 aromatic rings. The Morgan fingerprint density at radius 3 is 2.29 bits per heavy atom. The van der Waals surface area contributed by atoms with Crippen LogP contribution in [0.5, 0.6) is 0 Å². The number of ether oxygens (including phenoxy) is 1. The number of esters is 1. The molecule has 0 saturated carbocycles. The molecule has 1 N–H and O–H groups in total. The van der Waals surface area contributed by atoms with Gasteiger partial charge in [-0.2, -0.15) is 4.57 Å². The minimum absolute atomic E-state index is 0. The van der Waals surface area contributed by atoms with Crippen LogP contribution in [0.25, 0.3) is 0 Å². The maximum atomic E-state index is 12.2. The number of aryl methyl sites for hydroxylation is 2. The van der Waals surface area contributed by atoms with E-state index in [1.54, 1.807) is 42.5 Å². The van der Waals surface area contributed by atoms with Gasteiger partial charge in [0.05, 0.1) is 17.0 Å². The molecule has 0 radical (unpaired) electrons. The first kappa shape index (κ1) is 20.3. The Bertz CT molecular complexity index is 726. The van der Waals surface area contributed by atoms with Crippen LogP contribution in [-0.2, 0) is 16.1 Å². The van der Waals surface area contributed by atoms with Gasteiger partial charge in [-0.15, -0.1) is 0 Å². The Morgan fingerprint density at radius 2 is 1.79 bits per heavy atom. The van der Waals surface area contributed by atoms with Gasteiger partial charge in [0.2, 0.25) is 11.6 Å². The van der Waals surface area contributed by atoms with E-state index in [-0.39, 0.29) is 35.4 Å². The van der Waals surface area contributed by atoms with Crippen molar-refractivity contribution >= 4 is 28.9 Å². The molecular formula is C17H21BrN2O3S. The smallest absolute Gasteiger partial charge is 0.338 e. The first-order chi connectivity index (χ1) is 10.9. The van der Waals surface area contributed by atoms with Crippen molar-refractivity contribution in [3.63, 3.8) is 0 Å². The summed E-state index contributed by atoms with van der Waals surface area (Å²) in [5.74, 6) is -0.455. The quantitative estimate of drug-likeness (QED) is 0.545. The summed E-state index contributed by atoms with van der Waals surface area (Å²) >= 11 is 1.69. The molecule has 0 aliphatic carbocycles. The lowest BCUT2D eigenvalue weighted by atomic mass is 10.2. The number of nitrogens with one attached hydrogen (secondary N) is 1. The predicted octanol–water partition coefficient (Wildman–Crippen LogP) is -0.220. The van der Waals surface area contributed by atoms with E-state index >= 15 is 0 Å². The van der Waals surface area contributed by atoms with E-state index in [1.165, 1.54) is 4.88 Å². The number of thiazole rings is 1. The van der Waals surface area contributed by atoms with Gasteiger partial charge in [0.25, 0.3) is 5.91 Å². The normalized spacial score (nSPS) is 10.0. The highest BCUT2D eigenvalue weighted by Gasteiger charge is 2.20. The monoisotopic (exact) mass is 412 g/mol. The van der Waals surface area contributed by atoms with E-state index in [4.69, 9.17) is 4.74 Å². The highest BCUT2D eigenvalue weighted by atomic mass is 79.9. The molecule has 2 rings (SSSR count). The summed E-state index contributed by atoms with van der Waals surface area (Å²) in [6, 6.07) is 6.69. The standard InChI is InChI=1S/C17H20N2O3S.BrH/c1-5-22-17(21)14-6-8-15(9-7-14)18-16(20)10-19-11(2)12(3)23-13(19)4;/h6-9H,5,10H2,1-4H3;1H. The van der Waals surface area contributed by atoms with E-state index in [0.717, 1.165) is 10.7 Å². The third kappa shape index (κ3) is 4.88. The third-order valence-electron chi connectivity index (χ3n) is 3.58. The second kappa shape index (κ2) is 8.94. The molecule has 0 aliphatic rings. The van der Waals surface area contributed by atoms with Crippen LogP contribution in [0, 0.1) is 20.8 Å². The van der Waals surface area contributed by atoms with E-state index in [0.29, 0.717) is 17.9 Å². The van der Waals surface area contributed by atoms with Gasteiger partial charge in [0.1, 0.15) is 0 Å². The van der Waals surface area contributed by atoms with Crippen LogP contribution < -0.4 is 26.9 Å². The second-order valence-corrected chi connectivity index (χ2v) is 6.60. The molecule has 0 unspecified atom stereocenters. The number of carbonyl (C=O) groups is 2. The van der Waals surface area contributed by atoms with Gasteiger partial charge in [-0.05, 0) is 38.1 Å². The average molecular weight is 413 g/mol. The topological polar surface area (TPSA) is 59.3 Å². The lowest BCUT2D eigenvalue weighted by Gasteiger charge is -2.05. The number of halogens is 1. The van der Waals surface area contributed by atoms with Crippen molar-refractivity contribution in [2.75, 3.05) is 11.9 Å². The van der Waals surface area contributed by atoms with E-state index in [1.807, 2.05) is 18.4 Å². The first-order valence-corrected chi connectivity index (χ1v) is 8.27. The lowest BCUT2D eigenvalue weighted by Crippen LogP contribution is -3.00. The molecule has 1 aromatic heterocycles. The molecule has 0 bridgehead atoms. The van der Waals surface area contributed by atoms with E-state index < -0.39 is 0 Å². The van der Waals surface area contributed by atoms with Gasteiger partial charge in [-0.1, -0.05) is 11.3 Å². The summed E-state index contributed by atoms with van der Waals surface area (Å²) in [6.45, 7) is 8.46. The molecule has 5 nitrogen and oxygen atoms in total. The SMILES string of the molecule is CCOC(=O)c1ccc(NC(=O)C[n+]2c(C)sc(C)c2C)cc1.[Br-]. The average Bonchev–Trinajstić information content (AvgIpc) is 2.74. The maximum Gasteiger partial charge on any atom is 0.338 e. The zero-order chi connectivity index (χ0) is 17.0. The largest absolute Gasteiger partial charge is 1.00 e. The highest BCUT2D eigenvalue weighted by molar-refractivity contribution is 7.11. The second-order valence-electron chi connectivity index (χ2n) is 5.19. The Kier molecular flexibility index (Phi) is 7.57. The van der Waals surface area contributed by atoms with Gasteiger partial charge in [-0.25, -0.2) is 4.79 Å². The molecule has 1 amide bonds. The fraction of sp³-hybridized carbons (Fsp3) is 0.353. The maximum absolute atomic E-state index is 12.2. The van der Waals surface area contributed by atoms with Gasteiger partial charge in [-0.3, -0.25) is 4.79 Å². The van der Waals surface area contributed by atoms with Crippen LogP contribution in [0.15, 0.2) is 24.3 Å². The Balaban J connectivity index is 0.00000288. The van der Waals surface area contributed by atoms with Gasteiger partial charge >= 0.3 is 5.97 Å². The molecule has 1 aromatic carbocycles. The van der Waals surface area contributed by atoms with Gasteiger partial charge in [0.15, 0.2) is 5.69 Å². The molecule has 0 spiro atoms. The van der Waals surface area contributed by atoms with E-state index in [2.05, 4.69) is 12.2 Å². The molecule has 1 heterocycles. The van der Waals surface area contributed by atoms with Crippen molar-refractivity contribution in [3.8, 4) is 0 Å². The van der Waals surface area contributed by atoms with Crippen molar-refractivity contribution in [3.05, 3.63) is 45.4 Å². The predicted molar refractivity (Wildman–Crippen MR) is 89.8 cm³/mol. The number of carbonyl (C=O) groups excluding carboxylic acids is 2. The lowest BCUT2D eigenvalue weighted by molar-refractivity contribution is -0.691. The van der Waals surface area contributed by atoms with Gasteiger partial charge < -0.3 is 27.0 Å². The van der Waals surface area contributed by atoms with Crippen LogP contribution >= 0.6 is 11.3 Å². The minimum atomic E-state index is -0.360. The first-order valence-electron chi connectivity index (χ1n) is 7.45. The summed E-state index contributed by atoms with van der Waals surface area (Å²) in [7, 11) is 0. The molecule has 0 aliphatic heterocycles. The third-order valence-corrected chi connectivity index (χ3v) is 4.69. The molecule has 24 heavy (non-hydrogen) atoms. The van der Waals surface area contributed by atoms with Crippen molar-refractivity contribution in [2.24, 2.45) is 0 Å². The summed E-state index contributed by atoms with van der Waals surface area (Å²) < 4.78 is 6.93. The number of anilines is 1. The zero-order valence-electron chi connectivity index (χ0n) is 14.2. The molecular weight excluding hydrogens is 392 g/mol. The van der Waals surface area contributed by atoms with Crippen LogP contribution in [0.4, 0.5) is 5.69 Å². The van der Waals surface area contributed by atoms with Crippen molar-refractivity contribution < 1.29 is 35.9 Å². The molecule has 130 valence electrons. The number of aromatic nitrogens is 1. The molecule has 0 atom stereocenters. The fourth-order valence-corrected chi connectivity index (χ4v) is 3.27. The van der Waals surface area contributed by atoms with Crippen LogP contribution in [0.2, 0.25) is 0 Å². The van der Waals surface area contributed by atoms with Crippen molar-refractivity contribution in [1.82, 2.24) is 0 Å². The summed E-state index contributed by atoms with van der Waals surface area (Å²) in [6.07, 6.45) is 0. The van der Waals surface area contributed by atoms with Crippen molar-refractivity contribution in [2.45, 2.75) is 34.2 Å². The molecule has 0 fully saturated rings. The number of amides is 1. The minimum Gasteiger partial charge on any atom is -1.00 e. The van der Waals surface area contributed by atoms with Crippen molar-refractivity contribution in [1.29, 1.82) is 0 Å². The van der Waals surface area contributed by atoms with Crippen LogP contribution in [-0.4, -0.2) is 18.5 Å². The summed E-state index contributed by atoms with van der Waals surface area (Å²) in [5, 5.41) is 3.95. The van der Waals surface area contributed by atoms with Gasteiger partial charge in [0, 0.05) is 19.5 Å². The Labute approximate surface area is 156 Å². The van der Waals surface area contributed by atoms with E-state index in [9.17, 15) is 9.59 Å². The summed E-state index contributed by atoms with van der Waals surface area (Å²) in [5.41, 5.74) is 2.24. The zero-order valence-corrected chi connectivity index (χ0v) is 16.6. The Morgan fingerprint density at radius 1 is 1.17 bits per heavy atom. The molecule has 0 saturated heterocycles. The number of hydrogen-bond donors (Lipinski definition) is 1. The van der Waals surface area contributed by atoms with Crippen LogP contribution in [0.1, 0.15) is 32.9 Å².